The molecule has 0 bridgehead atoms. The first-order valence-electron chi connectivity index (χ1n) is 15.0. The summed E-state index contributed by atoms with van der Waals surface area (Å²) in [6, 6.07) is 21.5. The maximum atomic E-state index is 11.7. The van der Waals surface area contributed by atoms with E-state index in [1.165, 1.54) is 59.3 Å². The van der Waals surface area contributed by atoms with Gasteiger partial charge in [0, 0.05) is 19.5 Å². The van der Waals surface area contributed by atoms with E-state index in [0.717, 1.165) is 34.5 Å². The number of thiazole rings is 1. The molecule has 0 amide bonds. The van der Waals surface area contributed by atoms with Crippen molar-refractivity contribution >= 4 is 21.6 Å². The van der Waals surface area contributed by atoms with E-state index in [4.69, 9.17) is 14.5 Å². The largest absolute Gasteiger partial charge is 0.486 e. The van der Waals surface area contributed by atoms with Crippen molar-refractivity contribution in [1.82, 2.24) is 9.88 Å². The molecule has 0 fully saturated rings. The smallest absolute Gasteiger partial charge is 0.274 e. The van der Waals surface area contributed by atoms with Crippen molar-refractivity contribution in [2.45, 2.75) is 97.6 Å². The van der Waals surface area contributed by atoms with E-state index in [1.807, 2.05) is 46.8 Å². The van der Waals surface area contributed by atoms with Gasteiger partial charge < -0.3 is 14.6 Å². The molecule has 1 aromatic heterocycles. The van der Waals surface area contributed by atoms with E-state index in [2.05, 4.69) is 53.4 Å². The average Bonchev–Trinajstić information content (AvgIpc) is 3.36. The molecule has 0 saturated heterocycles. The molecule has 4 aromatic rings. The monoisotopic (exact) mass is 572 g/mol. The Morgan fingerprint density at radius 1 is 0.951 bits per heavy atom. The van der Waals surface area contributed by atoms with Crippen LogP contribution in [0.1, 0.15) is 75.3 Å². The zero-order chi connectivity index (χ0) is 29.0. The normalized spacial score (nSPS) is 14.4. The summed E-state index contributed by atoms with van der Waals surface area (Å²) in [5, 5.41) is 12.3. The minimum absolute atomic E-state index is 0.0292. The van der Waals surface area contributed by atoms with Gasteiger partial charge in [0.05, 0.1) is 10.8 Å². The topological polar surface area (TPSA) is 54.8 Å². The second-order valence-corrected chi connectivity index (χ2v) is 13.4. The fourth-order valence-electron chi connectivity index (χ4n) is 5.53. The van der Waals surface area contributed by atoms with E-state index in [1.54, 1.807) is 0 Å². The van der Waals surface area contributed by atoms with Crippen molar-refractivity contribution in [2.75, 3.05) is 6.54 Å². The number of benzene rings is 3. The van der Waals surface area contributed by atoms with Crippen LogP contribution in [0.5, 0.6) is 10.9 Å². The van der Waals surface area contributed by atoms with Gasteiger partial charge in [-0.05, 0) is 101 Å². The highest BCUT2D eigenvalue weighted by Crippen LogP contribution is 2.38. The van der Waals surface area contributed by atoms with Crippen molar-refractivity contribution in [3.63, 3.8) is 0 Å². The highest BCUT2D eigenvalue weighted by atomic mass is 32.1. The van der Waals surface area contributed by atoms with Crippen LogP contribution in [0, 0.1) is 0 Å². The van der Waals surface area contributed by atoms with Crippen molar-refractivity contribution in [3.8, 4) is 10.9 Å². The standard InChI is InChI=1S/C35H44N2O3S/c1-24(2)39-34-36-32-30(40-35(3,4)5)18-17-29(33(32)41-34)22-31(38)37(23-26-11-7-6-8-12-26)20-19-25-15-16-27-13-9-10-14-28(27)21-25/h6-8,11-12,15-18,21,24,31,38H,9-10,13-14,19-20,22-23H2,1-5H3. The Balaban J connectivity index is 1.39. The number of rotatable bonds is 11. The highest BCUT2D eigenvalue weighted by molar-refractivity contribution is 7.20. The molecule has 6 heteroatoms. The van der Waals surface area contributed by atoms with Crippen LogP contribution in [0.4, 0.5) is 0 Å². The van der Waals surface area contributed by atoms with Crippen molar-refractivity contribution in [2.24, 2.45) is 0 Å². The van der Waals surface area contributed by atoms with Crippen molar-refractivity contribution in [1.29, 1.82) is 0 Å². The Labute approximate surface area is 249 Å². The first-order valence-corrected chi connectivity index (χ1v) is 15.8. The summed E-state index contributed by atoms with van der Waals surface area (Å²) in [7, 11) is 0. The molecular formula is C35H44N2O3S. The first kappa shape index (κ1) is 29.6. The van der Waals surface area contributed by atoms with Crippen LogP contribution in [0.15, 0.2) is 60.7 Å². The van der Waals surface area contributed by atoms with E-state index >= 15 is 0 Å². The molecule has 3 aromatic carbocycles. The van der Waals surface area contributed by atoms with Crippen LogP contribution >= 0.6 is 11.3 Å². The number of hydrogen-bond donors (Lipinski definition) is 1. The third kappa shape index (κ3) is 7.88. The fraction of sp³-hybridized carbons (Fsp3) is 0.457. The Morgan fingerprint density at radius 3 is 2.44 bits per heavy atom. The van der Waals surface area contributed by atoms with Gasteiger partial charge in [0.1, 0.15) is 23.1 Å². The number of aliphatic hydroxyl groups excluding tert-OH is 1. The lowest BCUT2D eigenvalue weighted by Crippen LogP contribution is -2.37. The van der Waals surface area contributed by atoms with Crippen LogP contribution in [0.25, 0.3) is 10.2 Å². The summed E-state index contributed by atoms with van der Waals surface area (Å²) in [5.41, 5.74) is 7.06. The fourth-order valence-corrected chi connectivity index (χ4v) is 6.61. The number of fused-ring (bicyclic) bond motifs is 2. The van der Waals surface area contributed by atoms with Gasteiger partial charge in [-0.25, -0.2) is 0 Å². The Kier molecular flexibility index (Phi) is 9.32. The molecule has 5 rings (SSSR count). The highest BCUT2D eigenvalue weighted by Gasteiger charge is 2.23. The molecule has 5 nitrogen and oxygen atoms in total. The van der Waals surface area contributed by atoms with Crippen LogP contribution < -0.4 is 9.47 Å². The molecule has 1 atom stereocenters. The number of ether oxygens (including phenoxy) is 2. The Bertz CT molecular complexity index is 1440. The lowest BCUT2D eigenvalue weighted by molar-refractivity contribution is -0.000687. The molecule has 1 N–H and O–H groups in total. The van der Waals surface area contributed by atoms with Crippen LogP contribution in [0.3, 0.4) is 0 Å². The summed E-state index contributed by atoms with van der Waals surface area (Å²) >= 11 is 1.53. The van der Waals surface area contributed by atoms with Gasteiger partial charge in [0.2, 0.25) is 0 Å². The molecule has 218 valence electrons. The predicted octanol–water partition coefficient (Wildman–Crippen LogP) is 7.75. The maximum absolute atomic E-state index is 11.7. The van der Waals surface area contributed by atoms with Gasteiger partial charge in [-0.15, -0.1) is 0 Å². The first-order chi connectivity index (χ1) is 19.6. The number of aliphatic hydroxyl groups is 1. The molecular weight excluding hydrogens is 528 g/mol. The molecule has 0 radical (unpaired) electrons. The van der Waals surface area contributed by atoms with Gasteiger partial charge in [0.25, 0.3) is 5.19 Å². The number of nitrogens with zero attached hydrogens (tertiary/aromatic N) is 2. The minimum atomic E-state index is -0.651. The SMILES string of the molecule is CC(C)Oc1nc2c(OC(C)(C)C)ccc(CC(O)N(CCc3ccc4c(c3)CCCC4)Cc3ccccc3)c2s1. The molecule has 1 aliphatic rings. The van der Waals surface area contributed by atoms with Crippen LogP contribution in [0.2, 0.25) is 0 Å². The third-order valence-electron chi connectivity index (χ3n) is 7.47. The van der Waals surface area contributed by atoms with E-state index in [9.17, 15) is 5.11 Å². The molecule has 0 aliphatic heterocycles. The van der Waals surface area contributed by atoms with Gasteiger partial charge in [0.15, 0.2) is 0 Å². The van der Waals surface area contributed by atoms with Gasteiger partial charge >= 0.3 is 0 Å². The quantitative estimate of drug-likeness (QED) is 0.186. The van der Waals surface area contributed by atoms with E-state index in [0.29, 0.717) is 18.2 Å². The number of aromatic nitrogens is 1. The van der Waals surface area contributed by atoms with E-state index < -0.39 is 6.23 Å². The second kappa shape index (κ2) is 12.9. The van der Waals surface area contributed by atoms with Crippen molar-refractivity contribution < 1.29 is 14.6 Å². The molecule has 1 unspecified atom stereocenters. The maximum Gasteiger partial charge on any atom is 0.274 e. The van der Waals surface area contributed by atoms with Gasteiger partial charge in [-0.2, -0.15) is 4.98 Å². The van der Waals surface area contributed by atoms with Crippen molar-refractivity contribution in [3.05, 3.63) is 88.5 Å². The summed E-state index contributed by atoms with van der Waals surface area (Å²) in [4.78, 5) is 7.01. The molecule has 1 aliphatic carbocycles. The van der Waals surface area contributed by atoms with Gasteiger partial charge in [-0.1, -0.05) is 65.9 Å². The zero-order valence-corrected chi connectivity index (χ0v) is 26.0. The van der Waals surface area contributed by atoms with Gasteiger partial charge in [-0.3, -0.25) is 4.90 Å². The molecule has 41 heavy (non-hydrogen) atoms. The average molecular weight is 573 g/mol. The summed E-state index contributed by atoms with van der Waals surface area (Å²) < 4.78 is 13.2. The third-order valence-corrected chi connectivity index (χ3v) is 8.50. The molecule has 0 saturated carbocycles. The Hall–Kier alpha value is -2.93. The summed E-state index contributed by atoms with van der Waals surface area (Å²) in [6.45, 7) is 11.6. The Morgan fingerprint density at radius 2 is 1.71 bits per heavy atom. The minimum Gasteiger partial charge on any atom is -0.486 e. The van der Waals surface area contributed by atoms with Crippen LogP contribution in [-0.2, 0) is 32.2 Å². The lowest BCUT2D eigenvalue weighted by atomic mass is 9.90. The number of hydrogen-bond acceptors (Lipinski definition) is 6. The molecule has 1 heterocycles. The summed E-state index contributed by atoms with van der Waals surface area (Å²) in [6.07, 6.45) is 5.73. The zero-order valence-electron chi connectivity index (χ0n) is 25.2. The summed E-state index contributed by atoms with van der Waals surface area (Å²) in [5.74, 6) is 0.745. The second-order valence-electron chi connectivity index (χ2n) is 12.5. The van der Waals surface area contributed by atoms with E-state index in [-0.39, 0.29) is 11.7 Å². The predicted molar refractivity (Wildman–Crippen MR) is 169 cm³/mol. The molecule has 0 spiro atoms. The number of aryl methyl sites for hydroxylation is 2. The lowest BCUT2D eigenvalue weighted by Gasteiger charge is -2.29. The van der Waals surface area contributed by atoms with Crippen LogP contribution in [-0.4, -0.2) is 39.5 Å².